The molecule has 1 aromatic carbocycles. The number of hydrogen-bond donors (Lipinski definition) is 0. The molecular formula is C18H18N4O3S. The molecule has 1 fully saturated rings. The van der Waals surface area contributed by atoms with Gasteiger partial charge in [0.2, 0.25) is 21.7 Å². The summed E-state index contributed by atoms with van der Waals surface area (Å²) in [5.74, 6) is 1.06. The van der Waals surface area contributed by atoms with Gasteiger partial charge >= 0.3 is 0 Å². The number of sulfonamides is 1. The molecule has 0 N–H and O–H groups in total. The Morgan fingerprint density at radius 2 is 1.73 bits per heavy atom. The fraction of sp³-hybridized carbons (Fsp3) is 0.278. The molecule has 8 heteroatoms. The molecule has 3 heterocycles. The molecule has 0 bridgehead atoms. The van der Waals surface area contributed by atoms with E-state index in [1.54, 1.807) is 36.5 Å². The van der Waals surface area contributed by atoms with Crippen LogP contribution in [0.15, 0.2) is 64.1 Å². The van der Waals surface area contributed by atoms with E-state index in [1.165, 1.54) is 4.31 Å². The van der Waals surface area contributed by atoms with Crippen molar-refractivity contribution in [3.63, 3.8) is 0 Å². The lowest BCUT2D eigenvalue weighted by Crippen LogP contribution is -2.37. The highest BCUT2D eigenvalue weighted by molar-refractivity contribution is 7.89. The molecule has 0 unspecified atom stereocenters. The minimum absolute atomic E-state index is 0.0576. The fourth-order valence-corrected chi connectivity index (χ4v) is 4.58. The Morgan fingerprint density at radius 1 is 1.00 bits per heavy atom. The zero-order chi connectivity index (χ0) is 18.0. The predicted molar refractivity (Wildman–Crippen MR) is 94.7 cm³/mol. The van der Waals surface area contributed by atoms with Gasteiger partial charge in [0, 0.05) is 25.2 Å². The third-order valence-electron chi connectivity index (χ3n) is 4.52. The molecule has 1 saturated heterocycles. The van der Waals surface area contributed by atoms with Crippen LogP contribution in [0, 0.1) is 0 Å². The Kier molecular flexibility index (Phi) is 4.52. The van der Waals surface area contributed by atoms with Crippen molar-refractivity contribution in [1.82, 2.24) is 19.4 Å². The Hall–Kier alpha value is -2.58. The van der Waals surface area contributed by atoms with Crippen molar-refractivity contribution in [3.8, 4) is 11.5 Å². The summed E-state index contributed by atoms with van der Waals surface area (Å²) in [6.07, 6.45) is 2.98. The number of nitrogens with zero attached hydrogens (tertiary/aromatic N) is 4. The van der Waals surface area contributed by atoms with E-state index in [4.69, 9.17) is 4.52 Å². The van der Waals surface area contributed by atoms with Gasteiger partial charge in [-0.25, -0.2) is 8.42 Å². The average Bonchev–Trinajstić information content (AvgIpc) is 3.20. The van der Waals surface area contributed by atoms with Gasteiger partial charge in [-0.05, 0) is 37.1 Å². The summed E-state index contributed by atoms with van der Waals surface area (Å²) in [7, 11) is -3.45. The lowest BCUT2D eigenvalue weighted by atomic mass is 9.98. The first-order valence-electron chi connectivity index (χ1n) is 8.45. The molecule has 0 amide bonds. The monoisotopic (exact) mass is 370 g/mol. The molecule has 1 aliphatic heterocycles. The summed E-state index contributed by atoms with van der Waals surface area (Å²) in [5.41, 5.74) is 0.659. The van der Waals surface area contributed by atoms with E-state index in [9.17, 15) is 8.42 Å². The molecule has 0 saturated carbocycles. The van der Waals surface area contributed by atoms with Gasteiger partial charge in [0.05, 0.1) is 4.90 Å². The summed E-state index contributed by atoms with van der Waals surface area (Å²) in [6.45, 7) is 0.867. The predicted octanol–water partition coefficient (Wildman–Crippen LogP) is 2.70. The number of rotatable bonds is 4. The first-order chi connectivity index (χ1) is 12.6. The molecule has 7 nitrogen and oxygen atoms in total. The maximum Gasteiger partial charge on any atom is 0.243 e. The number of aromatic nitrogens is 3. The van der Waals surface area contributed by atoms with Crippen molar-refractivity contribution >= 4 is 10.0 Å². The second-order valence-electron chi connectivity index (χ2n) is 6.16. The normalized spacial score (nSPS) is 16.6. The van der Waals surface area contributed by atoms with Crippen molar-refractivity contribution in [2.75, 3.05) is 13.1 Å². The highest BCUT2D eigenvalue weighted by Gasteiger charge is 2.32. The van der Waals surface area contributed by atoms with Crippen LogP contribution in [0.5, 0.6) is 0 Å². The van der Waals surface area contributed by atoms with Crippen LogP contribution in [-0.4, -0.2) is 40.9 Å². The van der Waals surface area contributed by atoms with Crippen LogP contribution in [0.2, 0.25) is 0 Å². The molecule has 0 spiro atoms. The number of pyridine rings is 1. The largest absolute Gasteiger partial charge is 0.339 e. The van der Waals surface area contributed by atoms with Gasteiger partial charge in [0.1, 0.15) is 5.69 Å². The number of hydrogen-bond acceptors (Lipinski definition) is 6. The average molecular weight is 370 g/mol. The summed E-state index contributed by atoms with van der Waals surface area (Å²) in [6, 6.07) is 14.0. The molecular weight excluding hydrogens is 352 g/mol. The zero-order valence-corrected chi connectivity index (χ0v) is 14.8. The van der Waals surface area contributed by atoms with Crippen LogP contribution in [0.4, 0.5) is 0 Å². The first kappa shape index (κ1) is 16.9. The molecule has 134 valence electrons. The summed E-state index contributed by atoms with van der Waals surface area (Å²) in [5, 5.41) is 4.00. The zero-order valence-electron chi connectivity index (χ0n) is 14.0. The number of piperidine rings is 1. The SMILES string of the molecule is O=S(=O)(c1ccccc1)N1CCC(c2nc(-c3ccccn3)no2)CC1. The van der Waals surface area contributed by atoms with E-state index in [0.717, 1.165) is 0 Å². The Morgan fingerprint density at radius 3 is 2.42 bits per heavy atom. The van der Waals surface area contributed by atoms with Crippen molar-refractivity contribution < 1.29 is 12.9 Å². The summed E-state index contributed by atoms with van der Waals surface area (Å²) in [4.78, 5) is 8.98. The number of benzene rings is 1. The molecule has 4 rings (SSSR count). The van der Waals surface area contributed by atoms with Crippen molar-refractivity contribution in [2.24, 2.45) is 0 Å². The summed E-state index contributed by atoms with van der Waals surface area (Å²) >= 11 is 0. The quantitative estimate of drug-likeness (QED) is 0.701. The molecule has 26 heavy (non-hydrogen) atoms. The van der Waals surface area contributed by atoms with Gasteiger partial charge in [0.15, 0.2) is 0 Å². The minimum Gasteiger partial charge on any atom is -0.339 e. The van der Waals surface area contributed by atoms with Crippen molar-refractivity contribution in [2.45, 2.75) is 23.7 Å². The Labute approximate surface area is 151 Å². The van der Waals surface area contributed by atoms with Crippen LogP contribution < -0.4 is 0 Å². The van der Waals surface area contributed by atoms with Crippen LogP contribution in [0.1, 0.15) is 24.7 Å². The van der Waals surface area contributed by atoms with E-state index in [1.807, 2.05) is 18.2 Å². The Bertz CT molecular complexity index is 966. The lowest BCUT2D eigenvalue weighted by molar-refractivity contribution is 0.271. The molecule has 0 atom stereocenters. The van der Waals surface area contributed by atoms with E-state index in [0.29, 0.717) is 48.2 Å². The van der Waals surface area contributed by atoms with Gasteiger partial charge in [-0.1, -0.05) is 29.4 Å². The van der Waals surface area contributed by atoms with Crippen LogP contribution in [0.3, 0.4) is 0 Å². The molecule has 3 aromatic rings. The highest BCUT2D eigenvalue weighted by Crippen LogP contribution is 2.30. The van der Waals surface area contributed by atoms with E-state index in [-0.39, 0.29) is 5.92 Å². The van der Waals surface area contributed by atoms with Crippen molar-refractivity contribution in [3.05, 3.63) is 60.6 Å². The van der Waals surface area contributed by atoms with Crippen LogP contribution >= 0.6 is 0 Å². The lowest BCUT2D eigenvalue weighted by Gasteiger charge is -2.29. The maximum atomic E-state index is 12.7. The summed E-state index contributed by atoms with van der Waals surface area (Å²) < 4.78 is 32.3. The molecule has 1 aliphatic rings. The van der Waals surface area contributed by atoms with Gasteiger partial charge in [-0.15, -0.1) is 0 Å². The minimum atomic E-state index is -3.45. The van der Waals surface area contributed by atoms with Gasteiger partial charge in [-0.2, -0.15) is 9.29 Å². The maximum absolute atomic E-state index is 12.7. The molecule has 0 aliphatic carbocycles. The third-order valence-corrected chi connectivity index (χ3v) is 6.43. The second-order valence-corrected chi connectivity index (χ2v) is 8.10. The fourth-order valence-electron chi connectivity index (χ4n) is 3.08. The van der Waals surface area contributed by atoms with Gasteiger partial charge < -0.3 is 4.52 Å². The van der Waals surface area contributed by atoms with Crippen LogP contribution in [0.25, 0.3) is 11.5 Å². The third kappa shape index (κ3) is 3.25. The molecule has 0 radical (unpaired) electrons. The second kappa shape index (κ2) is 6.97. The standard InChI is InChI=1S/C18H18N4O3S/c23-26(24,15-6-2-1-3-7-15)22-12-9-14(10-13-22)18-20-17(21-25-18)16-8-4-5-11-19-16/h1-8,11,14H,9-10,12-13H2. The van der Waals surface area contributed by atoms with Crippen LogP contribution in [-0.2, 0) is 10.0 Å². The van der Waals surface area contributed by atoms with E-state index >= 15 is 0 Å². The molecule has 2 aromatic heterocycles. The Balaban J connectivity index is 1.45. The van der Waals surface area contributed by atoms with E-state index < -0.39 is 10.0 Å². The van der Waals surface area contributed by atoms with Gasteiger partial charge in [-0.3, -0.25) is 4.98 Å². The van der Waals surface area contributed by atoms with Gasteiger partial charge in [0.25, 0.3) is 0 Å². The first-order valence-corrected chi connectivity index (χ1v) is 9.89. The smallest absolute Gasteiger partial charge is 0.243 e. The topological polar surface area (TPSA) is 89.2 Å². The highest BCUT2D eigenvalue weighted by atomic mass is 32.2. The van der Waals surface area contributed by atoms with E-state index in [2.05, 4.69) is 15.1 Å². The van der Waals surface area contributed by atoms with Crippen molar-refractivity contribution in [1.29, 1.82) is 0 Å².